The van der Waals surface area contributed by atoms with Crippen LogP contribution in [0.1, 0.15) is 49.2 Å². The maximum atomic E-state index is 12.5. The fourth-order valence-electron chi connectivity index (χ4n) is 3.84. The van der Waals surface area contributed by atoms with Crippen molar-refractivity contribution in [2.24, 2.45) is 5.10 Å². The van der Waals surface area contributed by atoms with E-state index < -0.39 is 0 Å². The number of fused-ring (bicyclic) bond motifs is 1. The molecule has 29 heavy (non-hydrogen) atoms. The highest BCUT2D eigenvalue weighted by Crippen LogP contribution is 2.38. The number of rotatable bonds is 5. The Bertz CT molecular complexity index is 996. The van der Waals surface area contributed by atoms with E-state index >= 15 is 0 Å². The molecular weight excluding hydrogens is 430 g/mol. The van der Waals surface area contributed by atoms with Gasteiger partial charge in [-0.3, -0.25) is 4.79 Å². The molecule has 0 fully saturated rings. The number of carbonyl (C=O) groups is 1. The lowest BCUT2D eigenvalue weighted by molar-refractivity contribution is 0.0952. The first kappa shape index (κ1) is 21.1. The molecule has 2 aromatic rings. The van der Waals surface area contributed by atoms with Crippen molar-refractivity contribution < 1.29 is 9.53 Å². The number of hydrogen-bond donors (Lipinski definition) is 1. The molecule has 1 amide bonds. The van der Waals surface area contributed by atoms with Crippen molar-refractivity contribution in [1.82, 2.24) is 5.43 Å². The van der Waals surface area contributed by atoms with E-state index in [1.807, 2.05) is 12.1 Å². The molecule has 0 unspecified atom stereocenters. The van der Waals surface area contributed by atoms with Crippen LogP contribution in [-0.2, 0) is 0 Å². The van der Waals surface area contributed by atoms with Gasteiger partial charge in [-0.15, -0.1) is 0 Å². The molecule has 0 saturated carbocycles. The Hall–Kier alpha value is -2.60. The number of hydrazone groups is 1. The number of allylic oxidation sites excluding steroid dienone is 1. The predicted octanol–water partition coefficient (Wildman–Crippen LogP) is 5.24. The molecule has 1 aliphatic rings. The number of amides is 1. The highest BCUT2D eigenvalue weighted by Gasteiger charge is 2.29. The van der Waals surface area contributed by atoms with Crippen LogP contribution >= 0.6 is 15.9 Å². The third-order valence-corrected chi connectivity index (χ3v) is 5.60. The molecule has 0 atom stereocenters. The molecule has 1 aliphatic heterocycles. The zero-order valence-electron chi connectivity index (χ0n) is 17.4. The number of ether oxygens (including phenoxy) is 1. The maximum Gasteiger partial charge on any atom is 0.275 e. The van der Waals surface area contributed by atoms with Crippen molar-refractivity contribution in [2.75, 3.05) is 18.6 Å². The van der Waals surface area contributed by atoms with Crippen LogP contribution < -0.4 is 15.1 Å². The number of hydrogen-bond acceptors (Lipinski definition) is 4. The standard InChI is InChI=1S/C23H26BrN3O2/c1-6-27-20-9-7-16(11-18(20)15(2)13-23(27,3)4)14-25-26-22(28)19-12-17(24)8-10-21(19)29-5/h7-14H,6H2,1-5H3,(H,26,28)/b25-14+. The molecule has 2 aromatic carbocycles. The summed E-state index contributed by atoms with van der Waals surface area (Å²) in [5.74, 6) is 0.171. The summed E-state index contributed by atoms with van der Waals surface area (Å²) in [5.41, 5.74) is 7.56. The second kappa shape index (κ2) is 8.41. The minimum atomic E-state index is -0.327. The van der Waals surface area contributed by atoms with Crippen LogP contribution in [0.25, 0.3) is 5.57 Å². The molecule has 5 nitrogen and oxygen atoms in total. The van der Waals surface area contributed by atoms with E-state index in [1.165, 1.54) is 23.9 Å². The molecule has 152 valence electrons. The van der Waals surface area contributed by atoms with Crippen molar-refractivity contribution in [3.63, 3.8) is 0 Å². The number of likely N-dealkylation sites (N-methyl/N-ethyl adjacent to an activating group) is 1. The number of benzene rings is 2. The highest BCUT2D eigenvalue weighted by atomic mass is 79.9. The first-order valence-electron chi connectivity index (χ1n) is 9.55. The van der Waals surface area contributed by atoms with Crippen molar-refractivity contribution in [1.29, 1.82) is 0 Å². The van der Waals surface area contributed by atoms with Gasteiger partial charge in [0.15, 0.2) is 0 Å². The SMILES string of the molecule is CCN1c2ccc(/C=N/NC(=O)c3cc(Br)ccc3OC)cc2C(C)=CC1(C)C. The van der Waals surface area contributed by atoms with Crippen LogP contribution in [0.2, 0.25) is 0 Å². The van der Waals surface area contributed by atoms with Gasteiger partial charge in [0.2, 0.25) is 0 Å². The second-order valence-corrected chi connectivity index (χ2v) is 8.46. The summed E-state index contributed by atoms with van der Waals surface area (Å²) in [6.45, 7) is 9.69. The van der Waals surface area contributed by atoms with Crippen molar-refractivity contribution in [2.45, 2.75) is 33.2 Å². The smallest absolute Gasteiger partial charge is 0.275 e. The Morgan fingerprint density at radius 1 is 1.28 bits per heavy atom. The quantitative estimate of drug-likeness (QED) is 0.495. The van der Waals surface area contributed by atoms with Crippen LogP contribution in [0.3, 0.4) is 0 Å². The third-order valence-electron chi connectivity index (χ3n) is 5.10. The number of halogens is 1. The van der Waals surface area contributed by atoms with E-state index in [4.69, 9.17) is 4.74 Å². The fraction of sp³-hybridized carbons (Fsp3) is 0.304. The lowest BCUT2D eigenvalue weighted by Crippen LogP contribution is -2.44. The minimum absolute atomic E-state index is 0.0154. The van der Waals surface area contributed by atoms with E-state index in [-0.39, 0.29) is 11.4 Å². The Labute approximate surface area is 180 Å². The fourth-order valence-corrected chi connectivity index (χ4v) is 4.20. The molecule has 1 heterocycles. The van der Waals surface area contributed by atoms with Crippen molar-refractivity contribution in [3.05, 3.63) is 63.6 Å². The number of methoxy groups -OCH3 is 1. The van der Waals surface area contributed by atoms with E-state index in [0.29, 0.717) is 11.3 Å². The Morgan fingerprint density at radius 3 is 2.72 bits per heavy atom. The summed E-state index contributed by atoms with van der Waals surface area (Å²) < 4.78 is 6.05. The Balaban J connectivity index is 1.80. The van der Waals surface area contributed by atoms with Crippen LogP contribution in [0.5, 0.6) is 5.75 Å². The van der Waals surface area contributed by atoms with Gasteiger partial charge in [0.1, 0.15) is 5.75 Å². The molecule has 1 N–H and O–H groups in total. The van der Waals surface area contributed by atoms with Gasteiger partial charge in [0.25, 0.3) is 5.91 Å². The highest BCUT2D eigenvalue weighted by molar-refractivity contribution is 9.10. The third kappa shape index (κ3) is 4.37. The molecule has 0 saturated heterocycles. The summed E-state index contributed by atoms with van der Waals surface area (Å²) in [6.07, 6.45) is 3.95. The Morgan fingerprint density at radius 2 is 2.03 bits per heavy atom. The van der Waals surface area contributed by atoms with Crippen LogP contribution in [0.4, 0.5) is 5.69 Å². The van der Waals surface area contributed by atoms with Gasteiger partial charge in [-0.25, -0.2) is 5.43 Å². The van der Waals surface area contributed by atoms with Crippen LogP contribution in [0.15, 0.2) is 52.0 Å². The number of nitrogens with zero attached hydrogens (tertiary/aromatic N) is 2. The van der Waals surface area contributed by atoms with Crippen molar-refractivity contribution >= 4 is 39.3 Å². The number of anilines is 1. The van der Waals surface area contributed by atoms with Gasteiger partial charge in [-0.05, 0) is 69.2 Å². The van der Waals surface area contributed by atoms with E-state index in [9.17, 15) is 4.79 Å². The van der Waals surface area contributed by atoms with Crippen molar-refractivity contribution in [3.8, 4) is 5.75 Å². The second-order valence-electron chi connectivity index (χ2n) is 7.55. The summed E-state index contributed by atoms with van der Waals surface area (Å²) in [4.78, 5) is 14.8. The van der Waals surface area contributed by atoms with E-state index in [2.05, 4.69) is 77.3 Å². The molecule has 0 aromatic heterocycles. The predicted molar refractivity (Wildman–Crippen MR) is 123 cm³/mol. The summed E-state index contributed by atoms with van der Waals surface area (Å²) in [6, 6.07) is 11.5. The Kier molecular flexibility index (Phi) is 6.13. The minimum Gasteiger partial charge on any atom is -0.496 e. The first-order chi connectivity index (χ1) is 13.8. The van der Waals surface area contributed by atoms with Crippen LogP contribution in [0, 0.1) is 0 Å². The van der Waals surface area contributed by atoms with Gasteiger partial charge in [-0.1, -0.05) is 28.1 Å². The average Bonchev–Trinajstić information content (AvgIpc) is 2.67. The zero-order chi connectivity index (χ0) is 21.2. The van der Waals surface area contributed by atoms with Gasteiger partial charge in [-0.2, -0.15) is 5.10 Å². The topological polar surface area (TPSA) is 53.9 Å². The summed E-state index contributed by atoms with van der Waals surface area (Å²) in [5, 5.41) is 4.14. The number of carbonyl (C=O) groups excluding carboxylic acids is 1. The lowest BCUT2D eigenvalue weighted by Gasteiger charge is -2.42. The molecule has 3 rings (SSSR count). The normalized spacial score (nSPS) is 15.1. The summed E-state index contributed by atoms with van der Waals surface area (Å²) in [7, 11) is 1.53. The van der Waals surface area contributed by atoms with E-state index in [1.54, 1.807) is 18.3 Å². The average molecular weight is 456 g/mol. The molecule has 0 spiro atoms. The maximum absolute atomic E-state index is 12.5. The van der Waals surface area contributed by atoms with E-state index in [0.717, 1.165) is 16.6 Å². The lowest BCUT2D eigenvalue weighted by atomic mass is 9.88. The largest absolute Gasteiger partial charge is 0.496 e. The molecular formula is C23H26BrN3O2. The van der Waals surface area contributed by atoms with Gasteiger partial charge in [0, 0.05) is 22.3 Å². The number of nitrogens with one attached hydrogen (secondary N) is 1. The first-order valence-corrected chi connectivity index (χ1v) is 10.3. The summed E-state index contributed by atoms with van der Waals surface area (Å²) >= 11 is 3.37. The molecule has 6 heteroatoms. The van der Waals surface area contributed by atoms with Gasteiger partial charge in [0.05, 0.1) is 24.4 Å². The zero-order valence-corrected chi connectivity index (χ0v) is 19.0. The van der Waals surface area contributed by atoms with Gasteiger partial charge < -0.3 is 9.64 Å². The molecule has 0 radical (unpaired) electrons. The molecule has 0 bridgehead atoms. The van der Waals surface area contributed by atoms with Gasteiger partial charge >= 0.3 is 0 Å². The molecule has 0 aliphatic carbocycles. The monoisotopic (exact) mass is 455 g/mol. The van der Waals surface area contributed by atoms with Crippen LogP contribution in [-0.4, -0.2) is 31.3 Å².